The highest BCUT2D eigenvalue weighted by Gasteiger charge is 2.34. The van der Waals surface area contributed by atoms with Gasteiger partial charge in [-0.1, -0.05) is 12.1 Å². The molecule has 0 aliphatic carbocycles. The number of likely N-dealkylation sites (tertiary alicyclic amines) is 1. The molecule has 4 rings (SSSR count). The van der Waals surface area contributed by atoms with Gasteiger partial charge in [0.15, 0.2) is 5.82 Å². The standard InChI is InChI=1S/C24H31N5O3/c1-4-32-15-17-7-9-18(10-8-17)24(31)29-12-5-6-21(29)23-26-20-11-13-28(16(2)30)14-19(20)22(25-3)27-23/h7-10,21H,4-6,11-15H2,1-3H3,(H,25,26,27)/t21-/m0/s1. The molecule has 0 radical (unpaired) electrons. The van der Waals surface area contributed by atoms with Crippen molar-refractivity contribution in [3.8, 4) is 0 Å². The third-order valence-electron chi connectivity index (χ3n) is 6.25. The van der Waals surface area contributed by atoms with Crippen molar-refractivity contribution in [1.82, 2.24) is 19.8 Å². The van der Waals surface area contributed by atoms with Gasteiger partial charge in [-0.05, 0) is 37.5 Å². The highest BCUT2D eigenvalue weighted by molar-refractivity contribution is 5.94. The predicted molar refractivity (Wildman–Crippen MR) is 121 cm³/mol. The fourth-order valence-corrected chi connectivity index (χ4v) is 4.47. The topological polar surface area (TPSA) is 87.7 Å². The number of hydrogen-bond donors (Lipinski definition) is 1. The molecule has 1 saturated heterocycles. The van der Waals surface area contributed by atoms with Gasteiger partial charge in [0.05, 0.1) is 24.9 Å². The summed E-state index contributed by atoms with van der Waals surface area (Å²) in [5.41, 5.74) is 3.66. The molecule has 170 valence electrons. The second kappa shape index (κ2) is 9.65. The average Bonchev–Trinajstić information content (AvgIpc) is 3.31. The predicted octanol–water partition coefficient (Wildman–Crippen LogP) is 2.94. The van der Waals surface area contributed by atoms with Crippen LogP contribution in [0.5, 0.6) is 0 Å². The highest BCUT2D eigenvalue weighted by Crippen LogP contribution is 2.34. The second-order valence-electron chi connectivity index (χ2n) is 8.29. The maximum Gasteiger partial charge on any atom is 0.254 e. The molecule has 2 aromatic rings. The number of nitrogens with zero attached hydrogens (tertiary/aromatic N) is 4. The van der Waals surface area contributed by atoms with E-state index in [0.717, 1.165) is 35.5 Å². The fraction of sp³-hybridized carbons (Fsp3) is 0.500. The van der Waals surface area contributed by atoms with Gasteiger partial charge in [-0.3, -0.25) is 9.59 Å². The van der Waals surface area contributed by atoms with Crippen molar-refractivity contribution in [2.45, 2.75) is 52.3 Å². The number of anilines is 1. The van der Waals surface area contributed by atoms with E-state index in [1.807, 2.05) is 48.0 Å². The normalized spacial score (nSPS) is 17.9. The van der Waals surface area contributed by atoms with Gasteiger partial charge in [-0.2, -0.15) is 0 Å². The minimum absolute atomic E-state index is 0.00513. The molecule has 1 atom stereocenters. The lowest BCUT2D eigenvalue weighted by Crippen LogP contribution is -2.36. The summed E-state index contributed by atoms with van der Waals surface area (Å²) >= 11 is 0. The molecule has 1 aromatic heterocycles. The van der Waals surface area contributed by atoms with Gasteiger partial charge in [0.25, 0.3) is 5.91 Å². The summed E-state index contributed by atoms with van der Waals surface area (Å²) in [5, 5.41) is 3.17. The number of carbonyl (C=O) groups excluding carboxylic acids is 2. The first-order valence-corrected chi connectivity index (χ1v) is 11.3. The number of benzene rings is 1. The Bertz CT molecular complexity index is 975. The lowest BCUT2D eigenvalue weighted by Gasteiger charge is -2.30. The first kappa shape index (κ1) is 22.2. The van der Waals surface area contributed by atoms with Crippen LogP contribution in [-0.4, -0.2) is 58.3 Å². The van der Waals surface area contributed by atoms with Crippen molar-refractivity contribution >= 4 is 17.6 Å². The lowest BCUT2D eigenvalue weighted by molar-refractivity contribution is -0.129. The number of rotatable bonds is 6. The van der Waals surface area contributed by atoms with Crippen molar-refractivity contribution < 1.29 is 14.3 Å². The summed E-state index contributed by atoms with van der Waals surface area (Å²) in [4.78, 5) is 38.5. The number of amides is 2. The molecule has 2 aliphatic rings. The second-order valence-corrected chi connectivity index (χ2v) is 8.29. The van der Waals surface area contributed by atoms with Crippen LogP contribution in [-0.2, 0) is 29.1 Å². The molecule has 8 nitrogen and oxygen atoms in total. The summed E-state index contributed by atoms with van der Waals surface area (Å²) in [6.45, 7) is 6.63. The Morgan fingerprint density at radius 1 is 1.19 bits per heavy atom. The summed E-state index contributed by atoms with van der Waals surface area (Å²) < 4.78 is 5.44. The number of carbonyl (C=O) groups is 2. The largest absolute Gasteiger partial charge is 0.377 e. The first-order valence-electron chi connectivity index (χ1n) is 11.3. The van der Waals surface area contributed by atoms with Gasteiger partial charge in [0.1, 0.15) is 5.82 Å². The molecule has 0 spiro atoms. The number of hydrogen-bond acceptors (Lipinski definition) is 6. The number of nitrogens with one attached hydrogen (secondary N) is 1. The van der Waals surface area contributed by atoms with E-state index < -0.39 is 0 Å². The van der Waals surface area contributed by atoms with E-state index >= 15 is 0 Å². The van der Waals surface area contributed by atoms with Crippen LogP contribution in [0.25, 0.3) is 0 Å². The zero-order valence-corrected chi connectivity index (χ0v) is 19.1. The van der Waals surface area contributed by atoms with Gasteiger partial charge in [-0.25, -0.2) is 9.97 Å². The highest BCUT2D eigenvalue weighted by atomic mass is 16.5. The molecule has 2 aliphatic heterocycles. The zero-order valence-electron chi connectivity index (χ0n) is 19.1. The quantitative estimate of drug-likeness (QED) is 0.748. The SMILES string of the molecule is CCOCc1ccc(C(=O)N2CCC[C@H]2c2nc3c(c(NC)n2)CN(C(C)=O)CC3)cc1. The van der Waals surface area contributed by atoms with E-state index in [4.69, 9.17) is 14.7 Å². The molecular weight excluding hydrogens is 406 g/mol. The smallest absolute Gasteiger partial charge is 0.254 e. The molecule has 2 amide bonds. The monoisotopic (exact) mass is 437 g/mol. The van der Waals surface area contributed by atoms with Crippen LogP contribution in [0.4, 0.5) is 5.82 Å². The Morgan fingerprint density at radius 2 is 1.97 bits per heavy atom. The number of aromatic nitrogens is 2. The maximum absolute atomic E-state index is 13.3. The van der Waals surface area contributed by atoms with E-state index in [2.05, 4.69) is 5.32 Å². The zero-order chi connectivity index (χ0) is 22.7. The van der Waals surface area contributed by atoms with E-state index in [9.17, 15) is 9.59 Å². The summed E-state index contributed by atoms with van der Waals surface area (Å²) in [7, 11) is 1.83. The summed E-state index contributed by atoms with van der Waals surface area (Å²) in [5.74, 6) is 1.49. The molecule has 3 heterocycles. The van der Waals surface area contributed by atoms with Crippen LogP contribution in [0.2, 0.25) is 0 Å². The van der Waals surface area contributed by atoms with Crippen molar-refractivity contribution in [3.63, 3.8) is 0 Å². The van der Waals surface area contributed by atoms with E-state index in [-0.39, 0.29) is 17.9 Å². The third kappa shape index (κ3) is 4.46. The van der Waals surface area contributed by atoms with Crippen LogP contribution in [0.1, 0.15) is 65.7 Å². The number of ether oxygens (including phenoxy) is 1. The molecule has 32 heavy (non-hydrogen) atoms. The Morgan fingerprint density at radius 3 is 2.66 bits per heavy atom. The summed E-state index contributed by atoms with van der Waals surface area (Å²) in [6, 6.07) is 7.49. The molecule has 1 fully saturated rings. The Kier molecular flexibility index (Phi) is 6.69. The van der Waals surface area contributed by atoms with Crippen molar-refractivity contribution in [2.24, 2.45) is 0 Å². The van der Waals surface area contributed by atoms with Gasteiger partial charge >= 0.3 is 0 Å². The van der Waals surface area contributed by atoms with Gasteiger partial charge in [0, 0.05) is 51.2 Å². The fourth-order valence-electron chi connectivity index (χ4n) is 4.47. The Balaban J connectivity index is 1.57. The molecule has 1 aromatic carbocycles. The molecular formula is C24H31N5O3. The average molecular weight is 438 g/mol. The van der Waals surface area contributed by atoms with Gasteiger partial charge in [-0.15, -0.1) is 0 Å². The minimum atomic E-state index is -0.145. The number of fused-ring (bicyclic) bond motifs is 1. The van der Waals surface area contributed by atoms with Crippen LogP contribution in [0, 0.1) is 0 Å². The van der Waals surface area contributed by atoms with Crippen molar-refractivity contribution in [3.05, 3.63) is 52.5 Å². The van der Waals surface area contributed by atoms with Crippen LogP contribution >= 0.6 is 0 Å². The minimum Gasteiger partial charge on any atom is -0.377 e. The molecule has 0 bridgehead atoms. The Labute approximate surface area is 189 Å². The van der Waals surface area contributed by atoms with Crippen LogP contribution < -0.4 is 5.32 Å². The first-order chi connectivity index (χ1) is 15.5. The van der Waals surface area contributed by atoms with E-state index in [1.54, 1.807) is 6.92 Å². The van der Waals surface area contributed by atoms with E-state index in [1.165, 1.54) is 0 Å². The molecule has 1 N–H and O–H groups in total. The maximum atomic E-state index is 13.3. The van der Waals surface area contributed by atoms with Crippen molar-refractivity contribution in [1.29, 1.82) is 0 Å². The van der Waals surface area contributed by atoms with Crippen molar-refractivity contribution in [2.75, 3.05) is 32.1 Å². The van der Waals surface area contributed by atoms with Crippen LogP contribution in [0.3, 0.4) is 0 Å². The Hall–Kier alpha value is -3.00. The molecule has 8 heteroatoms. The summed E-state index contributed by atoms with van der Waals surface area (Å²) in [6.07, 6.45) is 2.46. The van der Waals surface area contributed by atoms with Gasteiger partial charge < -0.3 is 19.9 Å². The molecule has 0 saturated carbocycles. The van der Waals surface area contributed by atoms with Crippen LogP contribution in [0.15, 0.2) is 24.3 Å². The van der Waals surface area contributed by atoms with E-state index in [0.29, 0.717) is 50.7 Å². The molecule has 0 unspecified atom stereocenters. The lowest BCUT2D eigenvalue weighted by atomic mass is 10.0. The third-order valence-corrected chi connectivity index (χ3v) is 6.25. The van der Waals surface area contributed by atoms with Gasteiger partial charge in [0.2, 0.25) is 5.91 Å².